The van der Waals surface area contributed by atoms with Gasteiger partial charge in [0, 0.05) is 18.9 Å². The highest BCUT2D eigenvalue weighted by Crippen LogP contribution is 2.01. The van der Waals surface area contributed by atoms with Crippen molar-refractivity contribution in [3.05, 3.63) is 18.2 Å². The van der Waals surface area contributed by atoms with E-state index in [1.54, 1.807) is 12.4 Å². The second-order valence-electron chi connectivity index (χ2n) is 3.80. The lowest BCUT2D eigenvalue weighted by molar-refractivity contribution is 0.381. The second-order valence-corrected chi connectivity index (χ2v) is 5.84. The molecule has 6 nitrogen and oxygen atoms in total. The molecule has 0 aliphatic heterocycles. The lowest BCUT2D eigenvalue weighted by Gasteiger charge is -2.11. The van der Waals surface area contributed by atoms with E-state index in [0.29, 0.717) is 13.1 Å². The van der Waals surface area contributed by atoms with E-state index in [4.69, 9.17) is 0 Å². The van der Waals surface area contributed by atoms with E-state index < -0.39 is 10.0 Å². The molecule has 1 rings (SSSR count). The first kappa shape index (κ1) is 13.1. The van der Waals surface area contributed by atoms with E-state index in [2.05, 4.69) is 9.71 Å². The summed E-state index contributed by atoms with van der Waals surface area (Å²) in [5.74, 6) is 0.941. The summed E-state index contributed by atoms with van der Waals surface area (Å²) in [4.78, 5) is 6.18. The third-order valence-electron chi connectivity index (χ3n) is 2.17. The molecule has 1 aromatic rings. The van der Waals surface area contributed by atoms with Crippen LogP contribution in [0.25, 0.3) is 0 Å². The van der Waals surface area contributed by atoms with Crippen molar-refractivity contribution in [1.82, 2.24) is 19.2 Å². The van der Waals surface area contributed by atoms with E-state index in [1.807, 2.05) is 23.6 Å². The quantitative estimate of drug-likeness (QED) is 0.734. The first-order valence-electron chi connectivity index (χ1n) is 5.00. The number of nitrogens with one attached hydrogen (secondary N) is 1. The fourth-order valence-corrected chi connectivity index (χ4v) is 1.94. The van der Waals surface area contributed by atoms with Gasteiger partial charge in [-0.25, -0.2) is 18.1 Å². The normalized spacial score (nSPS) is 12.2. The SMILES string of the molecule is CNS(=O)(=O)CCn1ccnc1CN(C)C. The number of sulfonamides is 1. The Morgan fingerprint density at radius 1 is 1.50 bits per heavy atom. The number of aryl methyl sites for hydroxylation is 1. The Balaban J connectivity index is 2.64. The van der Waals surface area contributed by atoms with Crippen molar-refractivity contribution in [2.24, 2.45) is 0 Å². The van der Waals surface area contributed by atoms with Gasteiger partial charge in [0.2, 0.25) is 10.0 Å². The molecule has 0 unspecified atom stereocenters. The van der Waals surface area contributed by atoms with Crippen molar-refractivity contribution in [2.75, 3.05) is 26.9 Å². The van der Waals surface area contributed by atoms with Crippen LogP contribution < -0.4 is 4.72 Å². The molecule has 1 aromatic heterocycles. The van der Waals surface area contributed by atoms with Gasteiger partial charge in [0.15, 0.2) is 0 Å². The fraction of sp³-hybridized carbons (Fsp3) is 0.667. The van der Waals surface area contributed by atoms with Crippen LogP contribution in [0.2, 0.25) is 0 Å². The minimum Gasteiger partial charge on any atom is -0.333 e. The van der Waals surface area contributed by atoms with Crippen molar-refractivity contribution in [3.8, 4) is 0 Å². The van der Waals surface area contributed by atoms with Crippen molar-refractivity contribution in [3.63, 3.8) is 0 Å². The van der Waals surface area contributed by atoms with Gasteiger partial charge in [0.1, 0.15) is 5.82 Å². The highest BCUT2D eigenvalue weighted by atomic mass is 32.2. The summed E-state index contributed by atoms with van der Waals surface area (Å²) in [5, 5.41) is 0. The lowest BCUT2D eigenvalue weighted by atomic mass is 10.5. The highest BCUT2D eigenvalue weighted by Gasteiger charge is 2.09. The number of hydrogen-bond acceptors (Lipinski definition) is 4. The third kappa shape index (κ3) is 3.92. The van der Waals surface area contributed by atoms with Gasteiger partial charge in [-0.05, 0) is 21.1 Å². The van der Waals surface area contributed by atoms with Gasteiger partial charge in [0.05, 0.1) is 12.3 Å². The third-order valence-corrected chi connectivity index (χ3v) is 3.51. The maximum Gasteiger partial charge on any atom is 0.213 e. The molecule has 0 spiro atoms. The molecule has 1 heterocycles. The molecule has 0 bridgehead atoms. The Morgan fingerprint density at radius 3 is 2.75 bits per heavy atom. The Hall–Kier alpha value is -0.920. The van der Waals surface area contributed by atoms with Crippen molar-refractivity contribution in [2.45, 2.75) is 13.1 Å². The van der Waals surface area contributed by atoms with Gasteiger partial charge in [-0.1, -0.05) is 0 Å². The molecule has 0 atom stereocenters. The van der Waals surface area contributed by atoms with Crippen LogP contribution in [0.15, 0.2) is 12.4 Å². The monoisotopic (exact) mass is 246 g/mol. The van der Waals surface area contributed by atoms with Gasteiger partial charge in [0.25, 0.3) is 0 Å². The molecule has 7 heteroatoms. The van der Waals surface area contributed by atoms with E-state index in [1.165, 1.54) is 7.05 Å². The molecule has 0 fully saturated rings. The van der Waals surface area contributed by atoms with Gasteiger partial charge in [-0.15, -0.1) is 0 Å². The Kier molecular flexibility index (Phi) is 4.45. The zero-order chi connectivity index (χ0) is 12.2. The van der Waals surface area contributed by atoms with E-state index in [9.17, 15) is 8.42 Å². The van der Waals surface area contributed by atoms with Crippen LogP contribution in [0.5, 0.6) is 0 Å². The molecule has 0 aromatic carbocycles. The summed E-state index contributed by atoms with van der Waals surface area (Å²) in [6.07, 6.45) is 3.48. The van der Waals surface area contributed by atoms with Crippen LogP contribution in [0, 0.1) is 0 Å². The van der Waals surface area contributed by atoms with Gasteiger partial charge in [-0.3, -0.25) is 0 Å². The topological polar surface area (TPSA) is 67.2 Å². The van der Waals surface area contributed by atoms with E-state index in [0.717, 1.165) is 5.82 Å². The predicted molar refractivity (Wildman–Crippen MR) is 62.5 cm³/mol. The summed E-state index contributed by atoms with van der Waals surface area (Å²) >= 11 is 0. The summed E-state index contributed by atoms with van der Waals surface area (Å²) in [6, 6.07) is 0. The predicted octanol–water partition coefficient (Wildman–Crippen LogP) is -0.506. The maximum atomic E-state index is 11.3. The van der Waals surface area contributed by atoms with E-state index >= 15 is 0 Å². The number of nitrogens with zero attached hydrogens (tertiary/aromatic N) is 3. The van der Waals surface area contributed by atoms with Crippen molar-refractivity contribution in [1.29, 1.82) is 0 Å². The Bertz CT molecular complexity index is 424. The Morgan fingerprint density at radius 2 is 2.19 bits per heavy atom. The smallest absolute Gasteiger partial charge is 0.213 e. The minimum absolute atomic E-state index is 0.0697. The molecule has 92 valence electrons. The van der Waals surface area contributed by atoms with Crippen LogP contribution >= 0.6 is 0 Å². The summed E-state index contributed by atoms with van der Waals surface area (Å²) in [7, 11) is 2.16. The number of hydrogen-bond donors (Lipinski definition) is 1. The summed E-state index contributed by atoms with van der Waals surface area (Å²) < 4.78 is 26.7. The highest BCUT2D eigenvalue weighted by molar-refractivity contribution is 7.89. The zero-order valence-corrected chi connectivity index (χ0v) is 10.7. The summed E-state index contributed by atoms with van der Waals surface area (Å²) in [5.41, 5.74) is 0. The molecule has 0 amide bonds. The van der Waals surface area contributed by atoms with Crippen LogP contribution in [0.3, 0.4) is 0 Å². The summed E-state index contributed by atoms with van der Waals surface area (Å²) in [6.45, 7) is 1.12. The molecule has 16 heavy (non-hydrogen) atoms. The minimum atomic E-state index is -3.15. The molecule has 0 radical (unpaired) electrons. The lowest BCUT2D eigenvalue weighted by Crippen LogP contribution is -2.25. The van der Waals surface area contributed by atoms with Crippen LogP contribution in [-0.4, -0.2) is 49.8 Å². The maximum absolute atomic E-state index is 11.3. The standard InChI is InChI=1S/C9H18N4O2S/c1-10-16(14,15)7-6-13-5-4-11-9(13)8-12(2)3/h4-5,10H,6-8H2,1-3H3. The molecule has 1 N–H and O–H groups in total. The van der Waals surface area contributed by atoms with Gasteiger partial charge < -0.3 is 9.47 Å². The van der Waals surface area contributed by atoms with Crippen LogP contribution in [0.1, 0.15) is 5.82 Å². The molecule has 0 saturated carbocycles. The molecular weight excluding hydrogens is 228 g/mol. The van der Waals surface area contributed by atoms with Crippen LogP contribution in [0.4, 0.5) is 0 Å². The van der Waals surface area contributed by atoms with Gasteiger partial charge in [-0.2, -0.15) is 0 Å². The largest absolute Gasteiger partial charge is 0.333 e. The number of rotatable bonds is 6. The Labute approximate surface area is 96.3 Å². The fourth-order valence-electron chi connectivity index (χ4n) is 1.30. The second kappa shape index (κ2) is 5.42. The molecular formula is C9H18N4O2S. The van der Waals surface area contributed by atoms with Crippen molar-refractivity contribution < 1.29 is 8.42 Å². The van der Waals surface area contributed by atoms with Crippen LogP contribution in [-0.2, 0) is 23.1 Å². The first-order chi connectivity index (χ1) is 7.44. The van der Waals surface area contributed by atoms with Crippen molar-refractivity contribution >= 4 is 10.0 Å². The number of aromatic nitrogens is 2. The average molecular weight is 246 g/mol. The molecule has 0 aliphatic rings. The van der Waals surface area contributed by atoms with E-state index in [-0.39, 0.29) is 5.75 Å². The average Bonchev–Trinajstić information content (AvgIpc) is 2.62. The zero-order valence-electron chi connectivity index (χ0n) is 9.84. The first-order valence-corrected chi connectivity index (χ1v) is 6.66. The molecule has 0 saturated heterocycles. The number of imidazole rings is 1. The van der Waals surface area contributed by atoms with Gasteiger partial charge >= 0.3 is 0 Å². The molecule has 0 aliphatic carbocycles.